The van der Waals surface area contributed by atoms with Crippen LogP contribution >= 0.6 is 0 Å². The van der Waals surface area contributed by atoms with Gasteiger partial charge in [0.2, 0.25) is 0 Å². The third kappa shape index (κ3) is 1.85. The molecule has 5 aliphatic rings. The highest BCUT2D eigenvalue weighted by Gasteiger charge is 2.77. The average molecular weight is 346 g/mol. The summed E-state index contributed by atoms with van der Waals surface area (Å²) in [4.78, 5) is 0. The molecule has 0 unspecified atom stereocenters. The lowest BCUT2D eigenvalue weighted by Crippen LogP contribution is -2.57. The molecule has 2 heteroatoms. The predicted octanol–water partition coefficient (Wildman–Crippen LogP) is 4.87. The Balaban J connectivity index is 1.49. The lowest BCUT2D eigenvalue weighted by atomic mass is 9.45. The van der Waals surface area contributed by atoms with Gasteiger partial charge in [-0.05, 0) is 104 Å². The van der Waals surface area contributed by atoms with Crippen LogP contribution in [0.3, 0.4) is 0 Å². The fraction of sp³-hybridized carbons (Fsp3) is 1.00. The van der Waals surface area contributed by atoms with Crippen molar-refractivity contribution in [1.29, 1.82) is 0 Å². The first-order chi connectivity index (χ1) is 11.9. The molecule has 0 aromatic rings. The third-order valence-corrected chi connectivity index (χ3v) is 11.0. The summed E-state index contributed by atoms with van der Waals surface area (Å²) in [6.45, 7) is 8.59. The molecule has 1 spiro atoms. The van der Waals surface area contributed by atoms with E-state index in [1.807, 2.05) is 7.11 Å². The number of hydrogen-bond donors (Lipinski definition) is 1. The van der Waals surface area contributed by atoms with E-state index in [4.69, 9.17) is 10.5 Å². The molecule has 2 nitrogen and oxygen atoms in total. The summed E-state index contributed by atoms with van der Waals surface area (Å²) in [7, 11) is 2.00. The van der Waals surface area contributed by atoms with Crippen LogP contribution in [0.1, 0.15) is 72.1 Å². The molecular formula is C23H39NO. The lowest BCUT2D eigenvalue weighted by molar-refractivity contribution is -0.160. The molecule has 0 bridgehead atoms. The van der Waals surface area contributed by atoms with Gasteiger partial charge in [0.25, 0.3) is 0 Å². The normalized spacial score (nSPS) is 60.4. The molecule has 0 heterocycles. The summed E-state index contributed by atoms with van der Waals surface area (Å²) < 4.78 is 6.22. The molecule has 2 N–H and O–H groups in total. The van der Waals surface area contributed by atoms with Crippen LogP contribution in [-0.2, 0) is 4.74 Å². The minimum Gasteiger partial charge on any atom is -0.381 e. The van der Waals surface area contributed by atoms with E-state index >= 15 is 0 Å². The Hall–Kier alpha value is -0.0800. The zero-order valence-electron chi connectivity index (χ0n) is 16.9. The van der Waals surface area contributed by atoms with E-state index in [2.05, 4.69) is 20.8 Å². The van der Waals surface area contributed by atoms with Crippen LogP contribution in [0.2, 0.25) is 0 Å². The molecule has 5 rings (SSSR count). The van der Waals surface area contributed by atoms with E-state index in [9.17, 15) is 0 Å². The predicted molar refractivity (Wildman–Crippen MR) is 102 cm³/mol. The lowest BCUT2D eigenvalue weighted by Gasteiger charge is -2.61. The Morgan fingerprint density at radius 3 is 2.56 bits per heavy atom. The van der Waals surface area contributed by atoms with E-state index in [0.29, 0.717) is 28.3 Å². The number of ether oxygens (including phenoxy) is 1. The zero-order chi connectivity index (χ0) is 17.6. The second-order valence-electron chi connectivity index (χ2n) is 11.2. The van der Waals surface area contributed by atoms with E-state index < -0.39 is 0 Å². The smallest absolute Gasteiger partial charge is 0.0638 e. The van der Waals surface area contributed by atoms with E-state index in [0.717, 1.165) is 36.1 Å². The van der Waals surface area contributed by atoms with Gasteiger partial charge in [-0.25, -0.2) is 0 Å². The molecule has 25 heavy (non-hydrogen) atoms. The van der Waals surface area contributed by atoms with Gasteiger partial charge in [-0.15, -0.1) is 0 Å². The van der Waals surface area contributed by atoms with Crippen LogP contribution in [0, 0.1) is 51.8 Å². The van der Waals surface area contributed by atoms with Crippen molar-refractivity contribution in [2.24, 2.45) is 57.5 Å². The SMILES string of the molecule is CO[C@@H]1C[C@H]2[C@@H]3CC[C@H]([C@H](C)CN)[C@@]3(C)CC[C@@H]2[C@@]2(C)CC[C@@H]3C[C@]312. The molecule has 142 valence electrons. The van der Waals surface area contributed by atoms with Crippen LogP contribution in [0.4, 0.5) is 0 Å². The van der Waals surface area contributed by atoms with E-state index in [1.165, 1.54) is 51.4 Å². The highest BCUT2D eigenvalue weighted by atomic mass is 16.5. The van der Waals surface area contributed by atoms with Crippen molar-refractivity contribution in [1.82, 2.24) is 0 Å². The fourth-order valence-corrected chi connectivity index (χ4v) is 9.72. The van der Waals surface area contributed by atoms with Crippen LogP contribution in [0.15, 0.2) is 0 Å². The van der Waals surface area contributed by atoms with Gasteiger partial charge in [0.15, 0.2) is 0 Å². The van der Waals surface area contributed by atoms with Crippen molar-refractivity contribution >= 4 is 0 Å². The molecule has 0 radical (unpaired) electrons. The topological polar surface area (TPSA) is 35.2 Å². The monoisotopic (exact) mass is 345 g/mol. The van der Waals surface area contributed by atoms with Gasteiger partial charge in [-0.3, -0.25) is 0 Å². The van der Waals surface area contributed by atoms with Gasteiger partial charge < -0.3 is 10.5 Å². The summed E-state index contributed by atoms with van der Waals surface area (Å²) in [5, 5.41) is 0. The molecule has 0 amide bonds. The second kappa shape index (κ2) is 5.25. The quantitative estimate of drug-likeness (QED) is 0.792. The summed E-state index contributed by atoms with van der Waals surface area (Å²) in [6.07, 6.45) is 12.1. The van der Waals surface area contributed by atoms with Crippen LogP contribution in [-0.4, -0.2) is 19.8 Å². The van der Waals surface area contributed by atoms with Gasteiger partial charge in [0.1, 0.15) is 0 Å². The largest absolute Gasteiger partial charge is 0.381 e. The number of methoxy groups -OCH3 is 1. The highest BCUT2D eigenvalue weighted by Crippen LogP contribution is 2.82. The van der Waals surface area contributed by atoms with Crippen molar-refractivity contribution in [2.75, 3.05) is 13.7 Å². The molecule has 0 aliphatic heterocycles. The van der Waals surface area contributed by atoms with Crippen molar-refractivity contribution in [2.45, 2.75) is 78.2 Å². The number of rotatable bonds is 3. The van der Waals surface area contributed by atoms with Gasteiger partial charge in [0.05, 0.1) is 6.10 Å². The molecule has 5 aliphatic carbocycles. The van der Waals surface area contributed by atoms with Crippen molar-refractivity contribution in [3.05, 3.63) is 0 Å². The summed E-state index contributed by atoms with van der Waals surface area (Å²) in [5.41, 5.74) is 7.78. The summed E-state index contributed by atoms with van der Waals surface area (Å²) in [6, 6.07) is 0. The molecule has 0 aromatic carbocycles. The van der Waals surface area contributed by atoms with Crippen LogP contribution < -0.4 is 5.73 Å². The molecular weight excluding hydrogens is 306 g/mol. The highest BCUT2D eigenvalue weighted by molar-refractivity contribution is 5.26. The van der Waals surface area contributed by atoms with Gasteiger partial charge in [-0.1, -0.05) is 20.8 Å². The second-order valence-corrected chi connectivity index (χ2v) is 11.2. The van der Waals surface area contributed by atoms with Crippen molar-refractivity contribution in [3.63, 3.8) is 0 Å². The van der Waals surface area contributed by atoms with E-state index in [1.54, 1.807) is 0 Å². The first-order valence-electron chi connectivity index (χ1n) is 11.1. The maximum atomic E-state index is 6.22. The van der Waals surface area contributed by atoms with Gasteiger partial charge >= 0.3 is 0 Å². The maximum Gasteiger partial charge on any atom is 0.0638 e. The first kappa shape index (κ1) is 17.0. The van der Waals surface area contributed by atoms with Crippen molar-refractivity contribution in [3.8, 4) is 0 Å². The van der Waals surface area contributed by atoms with Crippen LogP contribution in [0.25, 0.3) is 0 Å². The first-order valence-corrected chi connectivity index (χ1v) is 11.1. The number of fused-ring (bicyclic) bond motifs is 4. The standard InChI is InChI=1S/C23H39NO/c1-14(13-24)17-5-6-18-16-11-20(25-4)23-12-15(23)7-10-22(23,3)19(16)8-9-21(17,18)2/h14-20H,5-13,24H2,1-4H3/t14-,15-,16+,17-,18+,19+,20-,21-,22-,23+/m1/s1. The molecule has 10 atom stereocenters. The summed E-state index contributed by atoms with van der Waals surface area (Å²) in [5.74, 6) is 5.34. The molecule has 0 saturated heterocycles. The third-order valence-electron chi connectivity index (χ3n) is 11.0. The van der Waals surface area contributed by atoms with Gasteiger partial charge in [0, 0.05) is 12.5 Å². The van der Waals surface area contributed by atoms with Crippen LogP contribution in [0.5, 0.6) is 0 Å². The summed E-state index contributed by atoms with van der Waals surface area (Å²) >= 11 is 0. The maximum absolute atomic E-state index is 6.22. The minimum absolute atomic E-state index is 0.541. The molecule has 5 fully saturated rings. The van der Waals surface area contributed by atoms with Gasteiger partial charge in [-0.2, -0.15) is 0 Å². The Labute approximate surface area is 154 Å². The Bertz CT molecular complexity index is 562. The number of nitrogens with two attached hydrogens (primary N) is 1. The van der Waals surface area contributed by atoms with Crippen molar-refractivity contribution < 1.29 is 4.74 Å². The Kier molecular flexibility index (Phi) is 3.58. The van der Waals surface area contributed by atoms with E-state index in [-0.39, 0.29) is 0 Å². The Morgan fingerprint density at radius 1 is 1.08 bits per heavy atom. The minimum atomic E-state index is 0.541. The fourth-order valence-electron chi connectivity index (χ4n) is 9.72. The average Bonchev–Trinajstić information content (AvgIpc) is 3.12. The molecule has 0 aromatic heterocycles. The Morgan fingerprint density at radius 2 is 1.88 bits per heavy atom. The number of hydrogen-bond acceptors (Lipinski definition) is 2. The molecule has 5 saturated carbocycles. The zero-order valence-corrected chi connectivity index (χ0v) is 16.9.